The largest absolute Gasteiger partial charge is 0.312 e. The number of aryl methyl sites for hydroxylation is 2. The summed E-state index contributed by atoms with van der Waals surface area (Å²) in [6.07, 6.45) is 1.08. The highest BCUT2D eigenvalue weighted by atomic mass is 14.9. The molecule has 2 rings (SSSR count). The van der Waals surface area contributed by atoms with Gasteiger partial charge in [0, 0.05) is 30.9 Å². The van der Waals surface area contributed by atoms with Gasteiger partial charge in [0.15, 0.2) is 0 Å². The highest BCUT2D eigenvalue weighted by Gasteiger charge is 2.10. The normalized spacial score (nSPS) is 15.8. The Labute approximate surface area is 73.0 Å². The Morgan fingerprint density at radius 2 is 2.25 bits per heavy atom. The lowest BCUT2D eigenvalue weighted by atomic mass is 10.0. The number of pyridine rings is 1. The molecule has 0 aromatic carbocycles. The van der Waals surface area contributed by atoms with Gasteiger partial charge in [-0.15, -0.1) is 0 Å². The third-order valence-electron chi connectivity index (χ3n) is 2.49. The molecule has 2 heteroatoms. The van der Waals surface area contributed by atoms with Crippen molar-refractivity contribution in [3.8, 4) is 0 Å². The molecule has 0 atom stereocenters. The van der Waals surface area contributed by atoms with E-state index < -0.39 is 0 Å². The van der Waals surface area contributed by atoms with Crippen molar-refractivity contribution in [2.24, 2.45) is 0 Å². The van der Waals surface area contributed by atoms with E-state index >= 15 is 0 Å². The molecule has 2 heterocycles. The van der Waals surface area contributed by atoms with Gasteiger partial charge in [-0.25, -0.2) is 0 Å². The van der Waals surface area contributed by atoms with Crippen LogP contribution in [0.4, 0.5) is 0 Å². The topological polar surface area (TPSA) is 24.9 Å². The van der Waals surface area contributed by atoms with Crippen LogP contribution in [0.1, 0.15) is 22.5 Å². The fourth-order valence-electron chi connectivity index (χ4n) is 1.61. The fourth-order valence-corrected chi connectivity index (χ4v) is 1.61. The minimum absolute atomic E-state index is 0.990. The van der Waals surface area contributed by atoms with E-state index in [1.54, 1.807) is 0 Å². The fraction of sp³-hybridized carbons (Fsp3) is 0.500. The minimum Gasteiger partial charge on any atom is -0.312 e. The second-order valence-electron chi connectivity index (χ2n) is 3.42. The third kappa shape index (κ3) is 1.23. The predicted molar refractivity (Wildman–Crippen MR) is 49.1 cm³/mol. The summed E-state index contributed by atoms with van der Waals surface area (Å²) in [5, 5.41) is 3.35. The summed E-state index contributed by atoms with van der Waals surface area (Å²) in [5.41, 5.74) is 5.15. The Kier molecular flexibility index (Phi) is 1.85. The first kappa shape index (κ1) is 7.74. The average molecular weight is 162 g/mol. The zero-order valence-electron chi connectivity index (χ0n) is 7.65. The van der Waals surface area contributed by atoms with E-state index in [2.05, 4.69) is 30.2 Å². The molecule has 64 valence electrons. The van der Waals surface area contributed by atoms with Crippen LogP contribution in [0.2, 0.25) is 0 Å². The van der Waals surface area contributed by atoms with Gasteiger partial charge < -0.3 is 5.32 Å². The maximum Gasteiger partial charge on any atom is 0.0464 e. The van der Waals surface area contributed by atoms with Crippen LogP contribution in [0.25, 0.3) is 0 Å². The summed E-state index contributed by atoms with van der Waals surface area (Å²) in [6, 6.07) is 2.25. The van der Waals surface area contributed by atoms with E-state index in [0.29, 0.717) is 0 Å². The van der Waals surface area contributed by atoms with Gasteiger partial charge in [0.2, 0.25) is 0 Å². The summed E-state index contributed by atoms with van der Waals surface area (Å²) < 4.78 is 0. The number of hydrogen-bond acceptors (Lipinski definition) is 2. The Bertz CT molecular complexity index is 274. The highest BCUT2D eigenvalue weighted by Crippen LogP contribution is 2.14. The van der Waals surface area contributed by atoms with Crippen LogP contribution in [0.5, 0.6) is 0 Å². The van der Waals surface area contributed by atoms with Gasteiger partial charge >= 0.3 is 0 Å². The van der Waals surface area contributed by atoms with Crippen LogP contribution < -0.4 is 5.32 Å². The van der Waals surface area contributed by atoms with E-state index in [4.69, 9.17) is 0 Å². The van der Waals surface area contributed by atoms with E-state index in [9.17, 15) is 0 Å². The highest BCUT2D eigenvalue weighted by molar-refractivity contribution is 5.30. The molecule has 0 saturated carbocycles. The molecule has 1 aliphatic rings. The van der Waals surface area contributed by atoms with Crippen LogP contribution in [0.15, 0.2) is 6.07 Å². The van der Waals surface area contributed by atoms with Crippen molar-refractivity contribution >= 4 is 0 Å². The number of rotatable bonds is 0. The van der Waals surface area contributed by atoms with Gasteiger partial charge in [-0.05, 0) is 25.0 Å². The van der Waals surface area contributed by atoms with Crippen LogP contribution in [0, 0.1) is 13.8 Å². The van der Waals surface area contributed by atoms with Crippen LogP contribution >= 0.6 is 0 Å². The lowest BCUT2D eigenvalue weighted by molar-refractivity contribution is 0.627. The van der Waals surface area contributed by atoms with Gasteiger partial charge in [-0.2, -0.15) is 0 Å². The maximum absolute atomic E-state index is 4.57. The Hall–Kier alpha value is -0.890. The average Bonchev–Trinajstić information content (AvgIpc) is 2.07. The van der Waals surface area contributed by atoms with Gasteiger partial charge in [-0.3, -0.25) is 4.98 Å². The van der Waals surface area contributed by atoms with Crippen molar-refractivity contribution in [1.82, 2.24) is 10.3 Å². The monoisotopic (exact) mass is 162 g/mol. The predicted octanol–water partition coefficient (Wildman–Crippen LogP) is 1.34. The number of fused-ring (bicyclic) bond motifs is 1. The van der Waals surface area contributed by atoms with Crippen molar-refractivity contribution in [2.45, 2.75) is 26.8 Å². The molecule has 0 saturated heterocycles. The summed E-state index contributed by atoms with van der Waals surface area (Å²) in [7, 11) is 0. The van der Waals surface area contributed by atoms with E-state index in [-0.39, 0.29) is 0 Å². The van der Waals surface area contributed by atoms with Gasteiger partial charge in [0.1, 0.15) is 0 Å². The van der Waals surface area contributed by atoms with Gasteiger partial charge in [0.25, 0.3) is 0 Å². The molecule has 2 nitrogen and oxygen atoms in total. The van der Waals surface area contributed by atoms with Gasteiger partial charge in [-0.1, -0.05) is 6.07 Å². The van der Waals surface area contributed by atoms with Crippen molar-refractivity contribution < 1.29 is 0 Å². The number of nitrogens with zero attached hydrogens (tertiary/aromatic N) is 1. The van der Waals surface area contributed by atoms with Crippen LogP contribution in [-0.2, 0) is 13.0 Å². The first-order valence-corrected chi connectivity index (χ1v) is 4.44. The maximum atomic E-state index is 4.57. The second kappa shape index (κ2) is 2.87. The Morgan fingerprint density at radius 1 is 1.42 bits per heavy atom. The smallest absolute Gasteiger partial charge is 0.0464 e. The van der Waals surface area contributed by atoms with Crippen molar-refractivity contribution in [2.75, 3.05) is 6.54 Å². The molecular formula is C10H14N2. The zero-order chi connectivity index (χ0) is 8.55. The molecule has 0 radical (unpaired) electrons. The summed E-state index contributed by atoms with van der Waals surface area (Å²) in [6.45, 7) is 6.26. The molecule has 1 aromatic heterocycles. The number of nitrogens with one attached hydrogen (secondary N) is 1. The molecule has 0 aliphatic carbocycles. The van der Waals surface area contributed by atoms with Crippen LogP contribution in [-0.4, -0.2) is 11.5 Å². The molecule has 1 aliphatic heterocycles. The van der Waals surface area contributed by atoms with E-state index in [1.165, 1.54) is 22.5 Å². The zero-order valence-corrected chi connectivity index (χ0v) is 7.65. The molecule has 0 amide bonds. The first-order chi connectivity index (χ1) is 5.77. The molecule has 12 heavy (non-hydrogen) atoms. The first-order valence-electron chi connectivity index (χ1n) is 4.44. The quantitative estimate of drug-likeness (QED) is 0.622. The third-order valence-corrected chi connectivity index (χ3v) is 2.49. The molecule has 1 N–H and O–H groups in total. The summed E-state index contributed by atoms with van der Waals surface area (Å²) in [4.78, 5) is 4.57. The Morgan fingerprint density at radius 3 is 3.08 bits per heavy atom. The lowest BCUT2D eigenvalue weighted by Gasteiger charge is -2.17. The van der Waals surface area contributed by atoms with Crippen molar-refractivity contribution in [1.29, 1.82) is 0 Å². The lowest BCUT2D eigenvalue weighted by Crippen LogP contribution is -2.24. The van der Waals surface area contributed by atoms with E-state index in [0.717, 1.165) is 19.5 Å². The number of hydrogen-bond donors (Lipinski definition) is 1. The SMILES string of the molecule is Cc1cc2c(nc1C)CCNC2. The number of aromatic nitrogens is 1. The molecule has 0 unspecified atom stereocenters. The standard InChI is InChI=1S/C10H14N2/c1-7-5-9-6-11-4-3-10(9)12-8(7)2/h5,11H,3-4,6H2,1-2H3. The van der Waals surface area contributed by atoms with Gasteiger partial charge in [0.05, 0.1) is 0 Å². The second-order valence-corrected chi connectivity index (χ2v) is 3.42. The van der Waals surface area contributed by atoms with E-state index in [1.807, 2.05) is 0 Å². The molecular weight excluding hydrogens is 148 g/mol. The Balaban J connectivity index is 2.49. The van der Waals surface area contributed by atoms with Crippen LogP contribution in [0.3, 0.4) is 0 Å². The van der Waals surface area contributed by atoms with Crippen molar-refractivity contribution in [3.05, 3.63) is 28.6 Å². The summed E-state index contributed by atoms with van der Waals surface area (Å²) >= 11 is 0. The van der Waals surface area contributed by atoms with Crippen molar-refractivity contribution in [3.63, 3.8) is 0 Å². The molecule has 0 bridgehead atoms. The minimum atomic E-state index is 0.990. The molecule has 0 fully saturated rings. The molecule has 0 spiro atoms. The summed E-state index contributed by atoms with van der Waals surface area (Å²) in [5.74, 6) is 0. The molecule has 1 aromatic rings.